The zero-order chi connectivity index (χ0) is 24.3. The van der Waals surface area contributed by atoms with Gasteiger partial charge in [0.2, 0.25) is 0 Å². The van der Waals surface area contributed by atoms with Gasteiger partial charge in [-0.1, -0.05) is 19.1 Å². The van der Waals surface area contributed by atoms with Crippen molar-refractivity contribution < 1.29 is 42.4 Å². The van der Waals surface area contributed by atoms with Gasteiger partial charge in [0.05, 0.1) is 5.57 Å². The first kappa shape index (κ1) is 25.5. The maximum Gasteiger partial charge on any atom is 0.573 e. The molecule has 3 N–H and O–H groups in total. The van der Waals surface area contributed by atoms with Gasteiger partial charge in [0, 0.05) is 19.0 Å². The number of esters is 1. The van der Waals surface area contributed by atoms with E-state index < -0.39 is 42.5 Å². The van der Waals surface area contributed by atoms with Gasteiger partial charge < -0.3 is 25.0 Å². The predicted molar refractivity (Wildman–Crippen MR) is 107 cm³/mol. The second-order valence-corrected chi connectivity index (χ2v) is 8.46. The first-order valence-corrected chi connectivity index (χ1v) is 9.86. The van der Waals surface area contributed by atoms with E-state index in [1.807, 2.05) is 0 Å². The van der Waals surface area contributed by atoms with Crippen molar-refractivity contribution in [1.82, 2.24) is 10.2 Å². The van der Waals surface area contributed by atoms with Crippen molar-refractivity contribution in [2.45, 2.75) is 52.4 Å². The number of rotatable bonds is 6. The molecule has 0 bridgehead atoms. The van der Waals surface area contributed by atoms with Crippen LogP contribution in [0.5, 0.6) is 5.75 Å². The van der Waals surface area contributed by atoms with Crippen LogP contribution >= 0.6 is 0 Å². The molecular weight excluding hydrogens is 433 g/mol. The minimum Gasteiger partial charge on any atom is -0.511 e. The summed E-state index contributed by atoms with van der Waals surface area (Å²) in [5.41, 5.74) is -0.482. The molecule has 1 aliphatic heterocycles. The lowest BCUT2D eigenvalue weighted by Gasteiger charge is -2.36. The summed E-state index contributed by atoms with van der Waals surface area (Å²) in [6.45, 7) is 6.50. The van der Waals surface area contributed by atoms with Gasteiger partial charge >= 0.3 is 12.3 Å². The number of nitrogens with one attached hydrogen (secondary N) is 1. The summed E-state index contributed by atoms with van der Waals surface area (Å²) in [6.07, 6.45) is -6.29. The topological polar surface area (TPSA) is 108 Å². The monoisotopic (exact) mass is 460 g/mol. The first-order chi connectivity index (χ1) is 14.7. The molecule has 0 saturated heterocycles. The molecule has 0 fully saturated rings. The number of alkyl halides is 3. The molecule has 0 saturated carbocycles. The molecule has 11 heteroatoms. The van der Waals surface area contributed by atoms with Gasteiger partial charge in [-0.15, -0.1) is 13.2 Å². The van der Waals surface area contributed by atoms with E-state index in [-0.39, 0.29) is 30.2 Å². The largest absolute Gasteiger partial charge is 0.573 e. The van der Waals surface area contributed by atoms with Crippen LogP contribution in [0, 0.1) is 5.92 Å². The van der Waals surface area contributed by atoms with Gasteiger partial charge in [-0.2, -0.15) is 0 Å². The zero-order valence-electron chi connectivity index (χ0n) is 18.2. The van der Waals surface area contributed by atoms with Gasteiger partial charge in [0.25, 0.3) is 5.91 Å². The highest BCUT2D eigenvalue weighted by Crippen LogP contribution is 2.28. The summed E-state index contributed by atoms with van der Waals surface area (Å²) >= 11 is 0. The fraction of sp³-hybridized carbons (Fsp3) is 0.524. The van der Waals surface area contributed by atoms with Crippen LogP contribution in [0.4, 0.5) is 13.2 Å². The highest BCUT2D eigenvalue weighted by molar-refractivity contribution is 5.96. The van der Waals surface area contributed by atoms with Crippen LogP contribution in [0.1, 0.15) is 33.3 Å². The summed E-state index contributed by atoms with van der Waals surface area (Å²) in [5, 5.41) is 23.3. The molecule has 1 amide bonds. The molecule has 178 valence electrons. The number of nitrogens with zero attached hydrogens (tertiary/aromatic N) is 1. The van der Waals surface area contributed by atoms with Crippen molar-refractivity contribution in [2.24, 2.45) is 5.92 Å². The molecule has 8 nitrogen and oxygen atoms in total. The first-order valence-electron chi connectivity index (χ1n) is 9.86. The number of carbonyl (C=O) groups excluding carboxylic acids is 2. The lowest BCUT2D eigenvalue weighted by molar-refractivity contribution is -0.274. The summed E-state index contributed by atoms with van der Waals surface area (Å²) in [5.74, 6) is -2.69. The predicted octanol–water partition coefficient (Wildman–Crippen LogP) is 2.63. The highest BCUT2D eigenvalue weighted by Gasteiger charge is 2.36. The van der Waals surface area contributed by atoms with Crippen LogP contribution < -0.4 is 10.1 Å². The lowest BCUT2D eigenvalue weighted by Crippen LogP contribution is -2.48. The maximum absolute atomic E-state index is 12.6. The number of carbonyl (C=O) groups is 2. The minimum atomic E-state index is -4.80. The van der Waals surface area contributed by atoms with E-state index in [0.29, 0.717) is 5.56 Å². The van der Waals surface area contributed by atoms with Gasteiger partial charge in [-0.3, -0.25) is 14.5 Å². The number of benzene rings is 1. The number of hydrogen-bond acceptors (Lipinski definition) is 7. The minimum absolute atomic E-state index is 0.0912. The number of ether oxygens (including phenoxy) is 2. The van der Waals surface area contributed by atoms with Crippen LogP contribution in [0.15, 0.2) is 35.6 Å². The summed E-state index contributed by atoms with van der Waals surface area (Å²) in [6, 6.07) is 5.09. The van der Waals surface area contributed by atoms with Crippen LogP contribution in [0.3, 0.4) is 0 Å². The van der Waals surface area contributed by atoms with E-state index in [9.17, 15) is 33.0 Å². The summed E-state index contributed by atoms with van der Waals surface area (Å²) < 4.78 is 45.8. The molecule has 2 atom stereocenters. The summed E-state index contributed by atoms with van der Waals surface area (Å²) in [4.78, 5) is 25.9. The third kappa shape index (κ3) is 7.41. The molecule has 1 heterocycles. The van der Waals surface area contributed by atoms with E-state index in [1.165, 1.54) is 17.0 Å². The van der Waals surface area contributed by atoms with E-state index in [1.54, 1.807) is 27.7 Å². The molecule has 1 aromatic rings. The second kappa shape index (κ2) is 9.78. The van der Waals surface area contributed by atoms with E-state index in [0.717, 1.165) is 12.1 Å². The molecule has 32 heavy (non-hydrogen) atoms. The van der Waals surface area contributed by atoms with Gasteiger partial charge in [0.1, 0.15) is 29.9 Å². The van der Waals surface area contributed by atoms with Crippen LogP contribution in [0.25, 0.3) is 0 Å². The fourth-order valence-electron chi connectivity index (χ4n) is 3.16. The Morgan fingerprint density at radius 3 is 2.31 bits per heavy atom. The van der Waals surface area contributed by atoms with E-state index in [2.05, 4.69) is 10.1 Å². The van der Waals surface area contributed by atoms with E-state index in [4.69, 9.17) is 4.74 Å². The van der Waals surface area contributed by atoms with Gasteiger partial charge in [-0.25, -0.2) is 0 Å². The molecule has 1 aliphatic rings. The SMILES string of the molecule is CC1CN(Cc2ccc(OC(F)(F)F)cc2)C(O)C(C(=O)NCC(=O)OC(C)(C)C)=C1O. The standard InChI is InChI=1S/C21H27F3N2O6/c1-12-10-26(11-13-5-7-14(8-6-13)31-21(22,23)24)19(30)16(17(12)28)18(29)25-9-15(27)32-20(2,3)4/h5-8,12,19,28,30H,9-11H2,1-4H3,(H,25,29). The molecule has 0 aliphatic carbocycles. The quantitative estimate of drug-likeness (QED) is 0.560. The Bertz CT molecular complexity index is 862. The summed E-state index contributed by atoms with van der Waals surface area (Å²) in [7, 11) is 0. The Kier molecular flexibility index (Phi) is 7.79. The number of halogens is 3. The molecule has 2 unspecified atom stereocenters. The third-order valence-electron chi connectivity index (χ3n) is 4.46. The fourth-order valence-corrected chi connectivity index (χ4v) is 3.16. The van der Waals surface area contributed by atoms with Crippen molar-refractivity contribution in [3.05, 3.63) is 41.2 Å². The van der Waals surface area contributed by atoms with Crippen molar-refractivity contribution >= 4 is 11.9 Å². The lowest BCUT2D eigenvalue weighted by atomic mass is 9.96. The number of amides is 1. The van der Waals surface area contributed by atoms with Crippen molar-refractivity contribution in [1.29, 1.82) is 0 Å². The smallest absolute Gasteiger partial charge is 0.511 e. The number of hydrogen-bond donors (Lipinski definition) is 3. The average molecular weight is 460 g/mol. The van der Waals surface area contributed by atoms with Crippen molar-refractivity contribution in [3.8, 4) is 5.75 Å². The Morgan fingerprint density at radius 1 is 1.19 bits per heavy atom. The second-order valence-electron chi connectivity index (χ2n) is 8.46. The van der Waals surface area contributed by atoms with Crippen molar-refractivity contribution in [2.75, 3.05) is 13.1 Å². The van der Waals surface area contributed by atoms with Crippen LogP contribution in [-0.2, 0) is 20.9 Å². The highest BCUT2D eigenvalue weighted by atomic mass is 19.4. The van der Waals surface area contributed by atoms with E-state index >= 15 is 0 Å². The molecule has 1 aromatic carbocycles. The molecular formula is C21H27F3N2O6. The van der Waals surface area contributed by atoms with Crippen LogP contribution in [-0.4, -0.2) is 58.3 Å². The number of aliphatic hydroxyl groups is 2. The van der Waals surface area contributed by atoms with Crippen LogP contribution in [0.2, 0.25) is 0 Å². The Balaban J connectivity index is 2.07. The average Bonchev–Trinajstić information content (AvgIpc) is 2.63. The third-order valence-corrected chi connectivity index (χ3v) is 4.46. The Morgan fingerprint density at radius 2 is 1.78 bits per heavy atom. The Hall–Kier alpha value is -2.79. The molecule has 2 rings (SSSR count). The zero-order valence-corrected chi connectivity index (χ0v) is 18.2. The maximum atomic E-state index is 12.6. The molecule has 0 spiro atoms. The van der Waals surface area contributed by atoms with Gasteiger partial charge in [-0.05, 0) is 38.5 Å². The number of aliphatic hydroxyl groups excluding tert-OH is 2. The van der Waals surface area contributed by atoms with Crippen molar-refractivity contribution in [3.63, 3.8) is 0 Å². The Labute approximate surface area is 183 Å². The normalized spacial score (nSPS) is 20.1. The van der Waals surface area contributed by atoms with Gasteiger partial charge in [0.15, 0.2) is 0 Å². The molecule has 0 radical (unpaired) electrons. The molecule has 0 aromatic heterocycles.